The van der Waals surface area contributed by atoms with E-state index in [1.165, 1.54) is 0 Å². The van der Waals surface area contributed by atoms with E-state index in [9.17, 15) is 4.79 Å². The number of amides is 1. The van der Waals surface area contributed by atoms with Crippen LogP contribution in [-0.4, -0.2) is 65.8 Å². The number of rotatable bonds is 9. The van der Waals surface area contributed by atoms with Crippen molar-refractivity contribution in [3.05, 3.63) is 48.0 Å². The van der Waals surface area contributed by atoms with Crippen molar-refractivity contribution in [2.75, 3.05) is 34.2 Å². The number of guanidine groups is 1. The molecule has 1 aromatic carbocycles. The third kappa shape index (κ3) is 7.08. The number of aryl methyl sites for hydroxylation is 1. The Morgan fingerprint density at radius 1 is 1.15 bits per heavy atom. The molecule has 2 N–H and O–H groups in total. The van der Waals surface area contributed by atoms with Gasteiger partial charge in [-0.15, -0.1) is 10.2 Å². The van der Waals surface area contributed by atoms with Gasteiger partial charge in [0.2, 0.25) is 0 Å². The SMILES string of the molecule is CN=C(NCCCCn1cnnc1)NCCc1cccc(C(=O)N(C)C)c1. The molecule has 0 atom stereocenters. The summed E-state index contributed by atoms with van der Waals surface area (Å²) in [7, 11) is 5.29. The van der Waals surface area contributed by atoms with E-state index in [1.807, 2.05) is 28.8 Å². The molecule has 0 saturated carbocycles. The number of aromatic nitrogens is 3. The van der Waals surface area contributed by atoms with Gasteiger partial charge in [-0.05, 0) is 37.0 Å². The summed E-state index contributed by atoms with van der Waals surface area (Å²) in [6, 6.07) is 7.76. The van der Waals surface area contributed by atoms with Gasteiger partial charge in [-0.2, -0.15) is 0 Å². The Kier molecular flexibility index (Phi) is 8.28. The highest BCUT2D eigenvalue weighted by Crippen LogP contribution is 2.07. The van der Waals surface area contributed by atoms with E-state index in [-0.39, 0.29) is 5.91 Å². The molecule has 0 fully saturated rings. The van der Waals surface area contributed by atoms with Crippen molar-refractivity contribution in [2.24, 2.45) is 4.99 Å². The molecule has 27 heavy (non-hydrogen) atoms. The minimum absolute atomic E-state index is 0.0220. The Morgan fingerprint density at radius 3 is 2.59 bits per heavy atom. The first-order valence-electron chi connectivity index (χ1n) is 9.17. The number of nitrogens with zero attached hydrogens (tertiary/aromatic N) is 5. The Bertz CT molecular complexity index is 725. The summed E-state index contributed by atoms with van der Waals surface area (Å²) in [6.07, 6.45) is 6.37. The van der Waals surface area contributed by atoms with Crippen LogP contribution in [0.2, 0.25) is 0 Å². The van der Waals surface area contributed by atoms with Crippen molar-refractivity contribution < 1.29 is 4.79 Å². The van der Waals surface area contributed by atoms with Gasteiger partial charge in [0.1, 0.15) is 12.7 Å². The molecular formula is C19H29N7O. The minimum Gasteiger partial charge on any atom is -0.356 e. The Morgan fingerprint density at radius 2 is 1.89 bits per heavy atom. The van der Waals surface area contributed by atoms with Crippen LogP contribution >= 0.6 is 0 Å². The van der Waals surface area contributed by atoms with Gasteiger partial charge in [0, 0.05) is 46.3 Å². The largest absolute Gasteiger partial charge is 0.356 e. The summed E-state index contributed by atoms with van der Waals surface area (Å²) in [5.41, 5.74) is 1.84. The number of carbonyl (C=O) groups is 1. The van der Waals surface area contributed by atoms with Crippen molar-refractivity contribution in [2.45, 2.75) is 25.8 Å². The van der Waals surface area contributed by atoms with E-state index < -0.39 is 0 Å². The zero-order chi connectivity index (χ0) is 19.5. The molecule has 8 heteroatoms. The molecule has 1 aromatic heterocycles. The van der Waals surface area contributed by atoms with Crippen LogP contribution in [0.15, 0.2) is 41.9 Å². The molecule has 8 nitrogen and oxygen atoms in total. The third-order valence-corrected chi connectivity index (χ3v) is 4.11. The van der Waals surface area contributed by atoms with Crippen LogP contribution in [0.5, 0.6) is 0 Å². The number of nitrogens with one attached hydrogen (secondary N) is 2. The van der Waals surface area contributed by atoms with E-state index in [1.54, 1.807) is 38.7 Å². The van der Waals surface area contributed by atoms with E-state index >= 15 is 0 Å². The van der Waals surface area contributed by atoms with Gasteiger partial charge < -0.3 is 20.1 Å². The average Bonchev–Trinajstić information content (AvgIpc) is 3.19. The summed E-state index contributed by atoms with van der Waals surface area (Å²) >= 11 is 0. The van der Waals surface area contributed by atoms with E-state index in [4.69, 9.17) is 0 Å². The predicted octanol–water partition coefficient (Wildman–Crippen LogP) is 1.17. The second-order valence-electron chi connectivity index (χ2n) is 6.48. The molecule has 0 unspecified atom stereocenters. The highest BCUT2D eigenvalue weighted by molar-refractivity contribution is 5.94. The molecule has 0 aliphatic rings. The van der Waals surface area contributed by atoms with Gasteiger partial charge in [0.25, 0.3) is 5.91 Å². The van der Waals surface area contributed by atoms with Crippen LogP contribution in [0.1, 0.15) is 28.8 Å². The first kappa shape index (κ1) is 20.4. The number of unbranched alkanes of at least 4 members (excludes halogenated alkanes) is 1. The van der Waals surface area contributed by atoms with E-state index in [0.29, 0.717) is 5.56 Å². The Labute approximate surface area is 160 Å². The van der Waals surface area contributed by atoms with Gasteiger partial charge in [0.05, 0.1) is 0 Å². The first-order valence-corrected chi connectivity index (χ1v) is 9.17. The van der Waals surface area contributed by atoms with E-state index in [0.717, 1.165) is 50.4 Å². The fourth-order valence-corrected chi connectivity index (χ4v) is 2.63. The zero-order valence-corrected chi connectivity index (χ0v) is 16.4. The zero-order valence-electron chi connectivity index (χ0n) is 16.4. The molecule has 0 saturated heterocycles. The normalized spacial score (nSPS) is 11.3. The molecule has 0 radical (unpaired) electrons. The van der Waals surface area contributed by atoms with Gasteiger partial charge >= 0.3 is 0 Å². The van der Waals surface area contributed by atoms with Gasteiger partial charge in [-0.3, -0.25) is 9.79 Å². The maximum absolute atomic E-state index is 12.0. The lowest BCUT2D eigenvalue weighted by molar-refractivity contribution is 0.0827. The maximum atomic E-state index is 12.0. The second kappa shape index (κ2) is 10.9. The van der Waals surface area contributed by atoms with E-state index in [2.05, 4.69) is 25.8 Å². The third-order valence-electron chi connectivity index (χ3n) is 4.11. The van der Waals surface area contributed by atoms with Crippen LogP contribution in [0.3, 0.4) is 0 Å². The lowest BCUT2D eigenvalue weighted by atomic mass is 10.1. The van der Waals surface area contributed by atoms with Crippen molar-refractivity contribution >= 4 is 11.9 Å². The molecule has 1 amide bonds. The monoisotopic (exact) mass is 371 g/mol. The first-order chi connectivity index (χ1) is 13.1. The topological polar surface area (TPSA) is 87.4 Å². The summed E-state index contributed by atoms with van der Waals surface area (Å²) in [4.78, 5) is 17.9. The second-order valence-corrected chi connectivity index (χ2v) is 6.48. The summed E-state index contributed by atoms with van der Waals surface area (Å²) in [6.45, 7) is 2.53. The van der Waals surface area contributed by atoms with Crippen LogP contribution in [0.25, 0.3) is 0 Å². The quantitative estimate of drug-likeness (QED) is 0.392. The minimum atomic E-state index is 0.0220. The van der Waals surface area contributed by atoms with Crippen molar-refractivity contribution in [1.82, 2.24) is 30.3 Å². The number of aliphatic imine (C=N–C) groups is 1. The Balaban J connectivity index is 1.67. The van der Waals surface area contributed by atoms with Gasteiger partial charge in [-0.1, -0.05) is 12.1 Å². The molecular weight excluding hydrogens is 342 g/mol. The van der Waals surface area contributed by atoms with Crippen molar-refractivity contribution in [1.29, 1.82) is 0 Å². The van der Waals surface area contributed by atoms with Gasteiger partial charge in [-0.25, -0.2) is 0 Å². The fraction of sp³-hybridized carbons (Fsp3) is 0.474. The van der Waals surface area contributed by atoms with Crippen LogP contribution in [0.4, 0.5) is 0 Å². The van der Waals surface area contributed by atoms with Crippen LogP contribution in [0, 0.1) is 0 Å². The number of hydrogen-bond donors (Lipinski definition) is 2. The lowest BCUT2D eigenvalue weighted by Crippen LogP contribution is -2.38. The number of benzene rings is 1. The maximum Gasteiger partial charge on any atom is 0.253 e. The van der Waals surface area contributed by atoms with Crippen molar-refractivity contribution in [3.8, 4) is 0 Å². The molecule has 0 aliphatic carbocycles. The summed E-state index contributed by atoms with van der Waals surface area (Å²) in [5, 5.41) is 14.2. The summed E-state index contributed by atoms with van der Waals surface area (Å²) < 4.78 is 1.97. The lowest BCUT2D eigenvalue weighted by Gasteiger charge is -2.13. The Hall–Kier alpha value is -2.90. The predicted molar refractivity (Wildman–Crippen MR) is 107 cm³/mol. The molecule has 1 heterocycles. The fourth-order valence-electron chi connectivity index (χ4n) is 2.63. The highest BCUT2D eigenvalue weighted by Gasteiger charge is 2.08. The van der Waals surface area contributed by atoms with Crippen molar-refractivity contribution in [3.63, 3.8) is 0 Å². The van der Waals surface area contributed by atoms with Crippen LogP contribution < -0.4 is 10.6 Å². The molecule has 0 spiro atoms. The molecule has 2 rings (SSSR count). The van der Waals surface area contributed by atoms with Gasteiger partial charge in [0.15, 0.2) is 5.96 Å². The number of hydrogen-bond acceptors (Lipinski definition) is 4. The molecule has 0 bridgehead atoms. The average molecular weight is 371 g/mol. The number of carbonyl (C=O) groups excluding carboxylic acids is 1. The molecule has 2 aromatic rings. The highest BCUT2D eigenvalue weighted by atomic mass is 16.2. The molecule has 0 aliphatic heterocycles. The molecule has 146 valence electrons. The summed E-state index contributed by atoms with van der Waals surface area (Å²) in [5.74, 6) is 0.813. The van der Waals surface area contributed by atoms with Crippen LogP contribution in [-0.2, 0) is 13.0 Å². The standard InChI is InChI=1S/C19H29N7O/c1-20-19(21-10-4-5-12-26-14-23-24-15-26)22-11-9-16-7-6-8-17(13-16)18(27)25(2)3/h6-8,13-15H,4-5,9-12H2,1-3H3,(H2,20,21,22). The smallest absolute Gasteiger partial charge is 0.253 e.